The molecule has 0 radical (unpaired) electrons. The molecule has 2 fully saturated rings. The number of hydrogen-bond acceptors (Lipinski definition) is 5. The normalized spacial score (nSPS) is 33.0. The van der Waals surface area contributed by atoms with Crippen LogP contribution in [0.25, 0.3) is 0 Å². The molecule has 5 nitrogen and oxygen atoms in total. The van der Waals surface area contributed by atoms with E-state index in [1.807, 2.05) is 44.2 Å². The molecule has 0 N–H and O–H groups in total. The number of benzene rings is 1. The van der Waals surface area contributed by atoms with Crippen LogP contribution in [0, 0.1) is 0 Å². The molecule has 4 rings (SSSR count). The third-order valence-electron chi connectivity index (χ3n) is 6.71. The van der Waals surface area contributed by atoms with E-state index in [1.165, 1.54) is 0 Å². The van der Waals surface area contributed by atoms with E-state index in [2.05, 4.69) is 33.9 Å². The summed E-state index contributed by atoms with van der Waals surface area (Å²) in [5, 5.41) is -0.0696. The van der Waals surface area contributed by atoms with Crippen molar-refractivity contribution in [3.05, 3.63) is 47.5 Å². The summed E-state index contributed by atoms with van der Waals surface area (Å²) in [5.41, 5.74) is -0.0119. The van der Waals surface area contributed by atoms with Gasteiger partial charge in [0.05, 0.1) is 6.61 Å². The second kappa shape index (κ2) is 7.13. The lowest BCUT2D eigenvalue weighted by atomic mass is 9.93. The second-order valence-corrected chi connectivity index (χ2v) is 15.2. The monoisotopic (exact) mass is 436 g/mol. The number of ether oxygens (including phenoxy) is 4. The molecule has 7 heteroatoms. The number of hydrogen-bond donors (Lipinski definition) is 0. The summed E-state index contributed by atoms with van der Waals surface area (Å²) in [6.45, 7) is 14.6. The van der Waals surface area contributed by atoms with Crippen LogP contribution in [0.1, 0.15) is 46.6 Å². The van der Waals surface area contributed by atoms with Gasteiger partial charge in [-0.1, -0.05) is 51.1 Å². The van der Waals surface area contributed by atoms with Crippen molar-refractivity contribution in [3.63, 3.8) is 0 Å². The topological polar surface area (TPSA) is 46.2 Å². The Labute approximate surface area is 179 Å². The van der Waals surface area contributed by atoms with Gasteiger partial charge >= 0.3 is 0 Å². The summed E-state index contributed by atoms with van der Waals surface area (Å²) >= 11 is 0. The Bertz CT molecular complexity index is 832. The summed E-state index contributed by atoms with van der Waals surface area (Å²) in [7, 11) is -2.27. The van der Waals surface area contributed by atoms with Crippen LogP contribution in [0.2, 0.25) is 18.1 Å². The summed E-state index contributed by atoms with van der Waals surface area (Å²) in [5.74, 6) is -0.873. The molecule has 0 aromatic heterocycles. The molecule has 1 aromatic carbocycles. The molecule has 3 aliphatic rings. The van der Waals surface area contributed by atoms with Crippen molar-refractivity contribution < 1.29 is 27.8 Å². The maximum atomic E-state index is 15.4. The fourth-order valence-corrected chi connectivity index (χ4v) is 5.12. The minimum absolute atomic E-state index is 0.0507. The van der Waals surface area contributed by atoms with Crippen LogP contribution < -0.4 is 0 Å². The molecule has 166 valence electrons. The Balaban J connectivity index is 1.64. The lowest BCUT2D eigenvalue weighted by molar-refractivity contribution is -0.232. The molecule has 0 amide bonds. The predicted molar refractivity (Wildman–Crippen MR) is 114 cm³/mol. The molecule has 0 bridgehead atoms. The Morgan fingerprint density at radius 1 is 1.13 bits per heavy atom. The van der Waals surface area contributed by atoms with Gasteiger partial charge in [-0.05, 0) is 37.5 Å². The molecule has 2 aliphatic heterocycles. The van der Waals surface area contributed by atoms with Gasteiger partial charge in [0.2, 0.25) is 8.32 Å². The first-order valence-electron chi connectivity index (χ1n) is 10.6. The van der Waals surface area contributed by atoms with E-state index in [-0.39, 0.29) is 23.0 Å². The third-order valence-corrected chi connectivity index (χ3v) is 11.1. The zero-order valence-electron chi connectivity index (χ0n) is 19.0. The fraction of sp³-hybridized carbons (Fsp3) is 0.652. The van der Waals surface area contributed by atoms with Crippen molar-refractivity contribution in [2.75, 3.05) is 0 Å². The minimum atomic E-state index is -2.27. The van der Waals surface area contributed by atoms with Crippen molar-refractivity contribution in [3.8, 4) is 0 Å². The Morgan fingerprint density at radius 3 is 2.43 bits per heavy atom. The van der Waals surface area contributed by atoms with E-state index < -0.39 is 38.2 Å². The Kier molecular flexibility index (Phi) is 5.22. The summed E-state index contributed by atoms with van der Waals surface area (Å²) < 4.78 is 46.5. The van der Waals surface area contributed by atoms with Crippen molar-refractivity contribution >= 4 is 8.32 Å². The molecule has 0 unspecified atom stereocenters. The van der Waals surface area contributed by atoms with Gasteiger partial charge in [0, 0.05) is 6.42 Å². The van der Waals surface area contributed by atoms with Gasteiger partial charge < -0.3 is 23.4 Å². The number of halogens is 1. The highest BCUT2D eigenvalue weighted by atomic mass is 28.4. The molecule has 1 aromatic rings. The average molecular weight is 437 g/mol. The van der Waals surface area contributed by atoms with Crippen molar-refractivity contribution in [1.82, 2.24) is 0 Å². The van der Waals surface area contributed by atoms with Crippen LogP contribution in [0.4, 0.5) is 4.39 Å². The Morgan fingerprint density at radius 2 is 1.80 bits per heavy atom. The third kappa shape index (κ3) is 3.64. The zero-order chi connectivity index (χ0) is 21.9. The molecule has 30 heavy (non-hydrogen) atoms. The van der Waals surface area contributed by atoms with Gasteiger partial charge in [0.1, 0.15) is 23.3 Å². The molecule has 2 saturated heterocycles. The van der Waals surface area contributed by atoms with Gasteiger partial charge in [-0.2, -0.15) is 0 Å². The number of fused-ring (bicyclic) bond motifs is 3. The molecule has 0 saturated carbocycles. The van der Waals surface area contributed by atoms with Gasteiger partial charge in [0.25, 0.3) is 0 Å². The maximum Gasteiger partial charge on any atom is 0.250 e. The summed E-state index contributed by atoms with van der Waals surface area (Å²) in [6, 6.07) is 9.85. The first kappa shape index (κ1) is 22.0. The van der Waals surface area contributed by atoms with Gasteiger partial charge in [0.15, 0.2) is 18.2 Å². The maximum absolute atomic E-state index is 15.4. The fourth-order valence-electron chi connectivity index (χ4n) is 4.04. The van der Waals surface area contributed by atoms with Crippen molar-refractivity contribution in [1.29, 1.82) is 0 Å². The first-order valence-corrected chi connectivity index (χ1v) is 13.5. The predicted octanol–water partition coefficient (Wildman–Crippen LogP) is 5.43. The van der Waals surface area contributed by atoms with Crippen LogP contribution >= 0.6 is 0 Å². The van der Waals surface area contributed by atoms with Crippen LogP contribution in [0.3, 0.4) is 0 Å². The highest BCUT2D eigenvalue weighted by Crippen LogP contribution is 2.55. The molecular weight excluding hydrogens is 403 g/mol. The lowest BCUT2D eigenvalue weighted by Crippen LogP contribution is -2.50. The molecule has 1 aliphatic carbocycles. The second-order valence-electron chi connectivity index (χ2n) is 10.5. The Hall–Kier alpha value is -1.25. The van der Waals surface area contributed by atoms with E-state index in [9.17, 15) is 0 Å². The van der Waals surface area contributed by atoms with Gasteiger partial charge in [-0.25, -0.2) is 4.39 Å². The zero-order valence-corrected chi connectivity index (χ0v) is 20.0. The quantitative estimate of drug-likeness (QED) is 0.577. The van der Waals surface area contributed by atoms with E-state index in [0.717, 1.165) is 5.56 Å². The first-order chi connectivity index (χ1) is 13.8. The highest BCUT2D eigenvalue weighted by molar-refractivity contribution is 6.74. The lowest BCUT2D eigenvalue weighted by Gasteiger charge is -2.39. The van der Waals surface area contributed by atoms with E-state index in [4.69, 9.17) is 23.4 Å². The van der Waals surface area contributed by atoms with Crippen LogP contribution in [0.5, 0.6) is 0 Å². The van der Waals surface area contributed by atoms with Crippen LogP contribution in [-0.2, 0) is 30.0 Å². The number of rotatable bonds is 5. The molecular formula is C23H33FO5Si. The largest absolute Gasteiger partial charge is 0.543 e. The smallest absolute Gasteiger partial charge is 0.250 e. The van der Waals surface area contributed by atoms with Crippen LogP contribution in [0.15, 0.2) is 41.9 Å². The molecule has 4 atom stereocenters. The molecule has 0 spiro atoms. The standard InChI is InChI=1S/C23H33FO5Si/c1-21(2,3)30(6,7)29-17-16(24)13-23(25-14-15-11-9-8-10-12-15)18(17)26-20-19(23)27-22(4,5)28-20/h8-12,18-20H,13-14H2,1-7H3/t18-,19+,20-,23-/m1/s1. The van der Waals surface area contributed by atoms with Gasteiger partial charge in [-0.15, -0.1) is 0 Å². The highest BCUT2D eigenvalue weighted by Gasteiger charge is 2.69. The molecule has 2 heterocycles. The van der Waals surface area contributed by atoms with Crippen molar-refractivity contribution in [2.45, 2.75) is 95.7 Å². The average Bonchev–Trinajstić information content (AvgIpc) is 3.18. The van der Waals surface area contributed by atoms with E-state index in [1.54, 1.807) is 0 Å². The van der Waals surface area contributed by atoms with E-state index in [0.29, 0.717) is 6.61 Å². The SMILES string of the molecule is CC1(C)O[C@H]2O[C@@H]3C(O[Si](C)(C)C(C)(C)C)=C(F)C[C@]3(OCc3ccccc3)[C@H]2O1. The van der Waals surface area contributed by atoms with Crippen LogP contribution in [-0.4, -0.2) is 38.2 Å². The minimum Gasteiger partial charge on any atom is -0.543 e. The van der Waals surface area contributed by atoms with Crippen molar-refractivity contribution in [2.24, 2.45) is 0 Å². The van der Waals surface area contributed by atoms with E-state index >= 15 is 4.39 Å². The summed E-state index contributed by atoms with van der Waals surface area (Å²) in [4.78, 5) is 0. The van der Waals surface area contributed by atoms with Gasteiger partial charge in [-0.3, -0.25) is 0 Å². The summed E-state index contributed by atoms with van der Waals surface area (Å²) in [6.07, 6.45) is -1.80.